The van der Waals surface area contributed by atoms with Gasteiger partial charge in [0.05, 0.1) is 11.0 Å². The normalized spacial score (nSPS) is 12.2. The van der Waals surface area contributed by atoms with Gasteiger partial charge in [0.2, 0.25) is 0 Å². The van der Waals surface area contributed by atoms with Crippen molar-refractivity contribution < 1.29 is 9.84 Å². The lowest BCUT2D eigenvalue weighted by molar-refractivity contribution is 0.114. The van der Waals surface area contributed by atoms with Crippen LogP contribution in [-0.2, 0) is 0 Å². The van der Waals surface area contributed by atoms with Crippen LogP contribution < -0.4 is 15.8 Å². The Morgan fingerprint density at radius 1 is 1.25 bits per heavy atom. The van der Waals surface area contributed by atoms with Crippen molar-refractivity contribution in [2.24, 2.45) is 10.7 Å². The molecule has 2 aromatic carbocycles. The van der Waals surface area contributed by atoms with E-state index in [1.165, 1.54) is 5.56 Å². The zero-order valence-electron chi connectivity index (χ0n) is 13.3. The molecule has 1 atom stereocenters. The second kappa shape index (κ2) is 10.5. The predicted octanol–water partition coefficient (Wildman–Crippen LogP) is 3.54. The van der Waals surface area contributed by atoms with E-state index in [1.54, 1.807) is 0 Å². The average molecular weight is 506 g/mol. The van der Waals surface area contributed by atoms with Crippen LogP contribution in [0, 0.1) is 6.92 Å². The number of nitrogens with zero attached hydrogens (tertiary/aromatic N) is 1. The van der Waals surface area contributed by atoms with Crippen molar-refractivity contribution in [2.45, 2.75) is 13.0 Å². The number of guanidine groups is 1. The van der Waals surface area contributed by atoms with E-state index in [2.05, 4.69) is 26.2 Å². The first-order valence-electron chi connectivity index (χ1n) is 7.23. The molecule has 0 aliphatic rings. The van der Waals surface area contributed by atoms with Crippen molar-refractivity contribution in [3.63, 3.8) is 0 Å². The fourth-order valence-electron chi connectivity index (χ4n) is 1.83. The van der Waals surface area contributed by atoms with Gasteiger partial charge in [-0.05, 0) is 47.1 Å². The standard InChI is InChI=1S/C17H20BrN3O2.HI/c1-12-6-8-13(9-7-12)21-17(19)20-10-14(22)11-23-16-5-3-2-4-15(16)18;/h2-9,14,22H,10-11H2,1H3,(H3,19,20,21);1H. The van der Waals surface area contributed by atoms with Gasteiger partial charge in [-0.15, -0.1) is 24.0 Å². The molecule has 0 fully saturated rings. The number of aryl methyl sites for hydroxylation is 1. The third-order valence-corrected chi connectivity index (χ3v) is 3.72. The van der Waals surface area contributed by atoms with Crippen molar-refractivity contribution in [1.29, 1.82) is 0 Å². The maximum Gasteiger partial charge on any atom is 0.193 e. The fraction of sp³-hybridized carbons (Fsp3) is 0.235. The molecule has 0 aromatic heterocycles. The summed E-state index contributed by atoms with van der Waals surface area (Å²) in [5.41, 5.74) is 7.83. The van der Waals surface area contributed by atoms with Crippen LogP contribution in [0.2, 0.25) is 0 Å². The minimum Gasteiger partial charge on any atom is -0.490 e. The summed E-state index contributed by atoms with van der Waals surface area (Å²) in [6.07, 6.45) is -0.736. The Hall–Kier alpha value is -1.32. The Morgan fingerprint density at radius 2 is 1.92 bits per heavy atom. The molecular weight excluding hydrogens is 485 g/mol. The quantitative estimate of drug-likeness (QED) is 0.318. The number of aliphatic imine (C=N–C) groups is 1. The zero-order chi connectivity index (χ0) is 16.7. The van der Waals surface area contributed by atoms with Crippen LogP contribution in [0.3, 0.4) is 0 Å². The van der Waals surface area contributed by atoms with Gasteiger partial charge in [0, 0.05) is 5.69 Å². The Kier molecular flexibility index (Phi) is 9.09. The Labute approximate surface area is 167 Å². The number of nitrogens with one attached hydrogen (secondary N) is 1. The summed E-state index contributed by atoms with van der Waals surface area (Å²) in [7, 11) is 0. The molecule has 5 nitrogen and oxygen atoms in total. The molecule has 2 rings (SSSR count). The predicted molar refractivity (Wildman–Crippen MR) is 112 cm³/mol. The van der Waals surface area contributed by atoms with Crippen LogP contribution in [0.4, 0.5) is 5.69 Å². The molecule has 0 heterocycles. The molecule has 0 bridgehead atoms. The van der Waals surface area contributed by atoms with Gasteiger partial charge < -0.3 is 20.9 Å². The van der Waals surface area contributed by atoms with Crippen molar-refractivity contribution in [1.82, 2.24) is 0 Å². The lowest BCUT2D eigenvalue weighted by atomic mass is 10.2. The highest BCUT2D eigenvalue weighted by molar-refractivity contribution is 14.0. The van der Waals surface area contributed by atoms with Crippen LogP contribution in [0.15, 0.2) is 58.0 Å². The SMILES string of the molecule is Cc1ccc(NC(N)=NCC(O)COc2ccccc2Br)cc1.I. The molecule has 1 unspecified atom stereocenters. The Morgan fingerprint density at radius 3 is 2.58 bits per heavy atom. The summed E-state index contributed by atoms with van der Waals surface area (Å²) in [4.78, 5) is 4.12. The largest absolute Gasteiger partial charge is 0.490 e. The summed E-state index contributed by atoms with van der Waals surface area (Å²) < 4.78 is 6.38. The lowest BCUT2D eigenvalue weighted by Gasteiger charge is -2.12. The molecule has 2 aromatic rings. The molecule has 24 heavy (non-hydrogen) atoms. The number of aliphatic hydroxyl groups is 1. The lowest BCUT2D eigenvalue weighted by Crippen LogP contribution is -2.27. The van der Waals surface area contributed by atoms with Gasteiger partial charge in [-0.25, -0.2) is 0 Å². The number of rotatable bonds is 6. The summed E-state index contributed by atoms with van der Waals surface area (Å²) in [6.45, 7) is 2.32. The topological polar surface area (TPSA) is 79.9 Å². The zero-order valence-corrected chi connectivity index (χ0v) is 17.2. The second-order valence-electron chi connectivity index (χ2n) is 5.11. The highest BCUT2D eigenvalue weighted by Crippen LogP contribution is 2.23. The average Bonchev–Trinajstić information content (AvgIpc) is 2.54. The summed E-state index contributed by atoms with van der Waals surface area (Å²) in [5.74, 6) is 0.940. The Balaban J connectivity index is 0.00000288. The highest BCUT2D eigenvalue weighted by atomic mass is 127. The number of halogens is 2. The van der Waals surface area contributed by atoms with Crippen molar-refractivity contribution in [3.8, 4) is 5.75 Å². The number of hydrogen-bond acceptors (Lipinski definition) is 3. The molecular formula is C17H21BrIN3O2. The number of anilines is 1. The fourth-order valence-corrected chi connectivity index (χ4v) is 2.23. The van der Waals surface area contributed by atoms with Gasteiger partial charge in [-0.2, -0.15) is 0 Å². The molecule has 0 radical (unpaired) electrons. The second-order valence-corrected chi connectivity index (χ2v) is 5.97. The number of hydrogen-bond donors (Lipinski definition) is 3. The van der Waals surface area contributed by atoms with Crippen LogP contribution in [0.5, 0.6) is 5.75 Å². The van der Waals surface area contributed by atoms with Gasteiger partial charge >= 0.3 is 0 Å². The molecule has 0 saturated heterocycles. The van der Waals surface area contributed by atoms with E-state index >= 15 is 0 Å². The highest BCUT2D eigenvalue weighted by Gasteiger charge is 2.07. The van der Waals surface area contributed by atoms with Gasteiger partial charge in [-0.3, -0.25) is 4.99 Å². The first-order chi connectivity index (χ1) is 11.0. The van der Waals surface area contributed by atoms with Gasteiger partial charge in [0.15, 0.2) is 5.96 Å². The molecule has 0 aliphatic carbocycles. The van der Waals surface area contributed by atoms with Crippen LogP contribution in [0.1, 0.15) is 5.56 Å². The van der Waals surface area contributed by atoms with E-state index in [1.807, 2.05) is 55.5 Å². The van der Waals surface area contributed by atoms with E-state index in [-0.39, 0.29) is 43.1 Å². The van der Waals surface area contributed by atoms with E-state index in [0.29, 0.717) is 5.75 Å². The van der Waals surface area contributed by atoms with E-state index in [4.69, 9.17) is 10.5 Å². The third kappa shape index (κ3) is 7.06. The van der Waals surface area contributed by atoms with Gasteiger partial charge in [0.25, 0.3) is 0 Å². The number of ether oxygens (including phenoxy) is 1. The maximum absolute atomic E-state index is 9.92. The molecule has 0 spiro atoms. The summed E-state index contributed by atoms with van der Waals surface area (Å²) in [6, 6.07) is 15.3. The third-order valence-electron chi connectivity index (χ3n) is 3.06. The van der Waals surface area contributed by atoms with Gasteiger partial charge in [-0.1, -0.05) is 29.8 Å². The molecule has 0 saturated carbocycles. The minimum absolute atomic E-state index is 0. The first kappa shape index (κ1) is 20.7. The molecule has 130 valence electrons. The van der Waals surface area contributed by atoms with Gasteiger partial charge in [0.1, 0.15) is 18.5 Å². The number of nitrogens with two attached hydrogens (primary N) is 1. The molecule has 0 aliphatic heterocycles. The van der Waals surface area contributed by atoms with Crippen molar-refractivity contribution >= 4 is 51.6 Å². The molecule has 4 N–H and O–H groups in total. The van der Waals surface area contributed by atoms with Crippen molar-refractivity contribution in [3.05, 3.63) is 58.6 Å². The van der Waals surface area contributed by atoms with E-state index in [9.17, 15) is 5.11 Å². The molecule has 0 amide bonds. The summed E-state index contributed by atoms with van der Waals surface area (Å²) >= 11 is 3.39. The maximum atomic E-state index is 9.92. The van der Waals surface area contributed by atoms with Crippen molar-refractivity contribution in [2.75, 3.05) is 18.5 Å². The molecule has 7 heteroatoms. The number of aliphatic hydroxyl groups excluding tert-OH is 1. The van der Waals surface area contributed by atoms with Crippen LogP contribution in [0.25, 0.3) is 0 Å². The number of benzene rings is 2. The van der Waals surface area contributed by atoms with E-state index < -0.39 is 6.10 Å². The summed E-state index contributed by atoms with van der Waals surface area (Å²) in [5, 5.41) is 12.9. The number of para-hydroxylation sites is 1. The monoisotopic (exact) mass is 505 g/mol. The van der Waals surface area contributed by atoms with Crippen LogP contribution >= 0.6 is 39.9 Å². The smallest absolute Gasteiger partial charge is 0.193 e. The first-order valence-corrected chi connectivity index (χ1v) is 8.03. The minimum atomic E-state index is -0.736. The van der Waals surface area contributed by atoms with Crippen LogP contribution in [-0.4, -0.2) is 30.3 Å². The van der Waals surface area contributed by atoms with E-state index in [0.717, 1.165) is 10.2 Å². The Bertz CT molecular complexity index is 665.